The molecule has 1 saturated heterocycles. The molecule has 0 bridgehead atoms. The number of aromatic amines is 1. The largest absolute Gasteiger partial charge is 0.348 e. The second-order valence-electron chi connectivity index (χ2n) is 6.55. The van der Waals surface area contributed by atoms with Crippen LogP contribution in [-0.4, -0.2) is 47.9 Å². The molecule has 0 saturated carbocycles. The third-order valence-electron chi connectivity index (χ3n) is 4.53. The highest BCUT2D eigenvalue weighted by Crippen LogP contribution is 2.28. The van der Waals surface area contributed by atoms with Crippen LogP contribution in [0.2, 0.25) is 0 Å². The van der Waals surface area contributed by atoms with E-state index in [0.29, 0.717) is 11.7 Å². The van der Waals surface area contributed by atoms with Crippen molar-refractivity contribution < 1.29 is 0 Å². The van der Waals surface area contributed by atoms with E-state index in [0.717, 1.165) is 55.6 Å². The van der Waals surface area contributed by atoms with Gasteiger partial charge in [0.2, 0.25) is 0 Å². The maximum Gasteiger partial charge on any atom is 0.150 e. The van der Waals surface area contributed by atoms with Crippen molar-refractivity contribution in [3.8, 4) is 0 Å². The summed E-state index contributed by atoms with van der Waals surface area (Å²) in [7, 11) is 0. The minimum absolute atomic E-state index is 0.391. The molecular weight excluding hydrogens is 328 g/mol. The zero-order chi connectivity index (χ0) is 17.8. The van der Waals surface area contributed by atoms with Crippen LogP contribution in [-0.2, 0) is 6.54 Å². The van der Waals surface area contributed by atoms with Crippen molar-refractivity contribution in [2.75, 3.05) is 18.4 Å². The van der Waals surface area contributed by atoms with Gasteiger partial charge < -0.3 is 10.3 Å². The van der Waals surface area contributed by atoms with Crippen LogP contribution in [0.3, 0.4) is 0 Å². The van der Waals surface area contributed by atoms with Crippen LogP contribution in [0.5, 0.6) is 0 Å². The predicted octanol–water partition coefficient (Wildman–Crippen LogP) is 2.42. The van der Waals surface area contributed by atoms with Crippen molar-refractivity contribution in [1.82, 2.24) is 34.8 Å². The van der Waals surface area contributed by atoms with Crippen molar-refractivity contribution in [2.45, 2.75) is 32.2 Å². The smallest absolute Gasteiger partial charge is 0.150 e. The Kier molecular flexibility index (Phi) is 4.83. The van der Waals surface area contributed by atoms with Crippen molar-refractivity contribution in [3.05, 3.63) is 54.4 Å². The Morgan fingerprint density at radius 2 is 2.15 bits per heavy atom. The minimum atomic E-state index is 0.391. The molecule has 0 aliphatic carbocycles. The Balaban J connectivity index is 1.49. The number of piperidine rings is 1. The Morgan fingerprint density at radius 3 is 2.96 bits per heavy atom. The molecule has 0 amide bonds. The van der Waals surface area contributed by atoms with E-state index in [2.05, 4.69) is 35.1 Å². The first-order valence-electron chi connectivity index (χ1n) is 8.85. The number of likely N-dealkylation sites (tertiary alicyclic amines) is 1. The first-order valence-corrected chi connectivity index (χ1v) is 8.85. The molecule has 0 radical (unpaired) electrons. The Labute approximate surface area is 152 Å². The number of rotatable bonds is 5. The second-order valence-corrected chi connectivity index (χ2v) is 6.55. The van der Waals surface area contributed by atoms with Gasteiger partial charge in [-0.15, -0.1) is 0 Å². The topological polar surface area (TPSA) is 95.5 Å². The van der Waals surface area contributed by atoms with E-state index in [1.807, 2.05) is 19.2 Å². The van der Waals surface area contributed by atoms with Gasteiger partial charge in [-0.25, -0.2) is 19.9 Å². The first kappa shape index (κ1) is 16.6. The molecule has 8 heteroatoms. The lowest BCUT2D eigenvalue weighted by Crippen LogP contribution is -2.34. The fourth-order valence-corrected chi connectivity index (χ4v) is 3.40. The van der Waals surface area contributed by atoms with Crippen molar-refractivity contribution in [3.63, 3.8) is 0 Å². The molecule has 134 valence electrons. The average molecular weight is 350 g/mol. The van der Waals surface area contributed by atoms with E-state index in [1.54, 1.807) is 24.8 Å². The molecule has 3 aromatic rings. The number of anilines is 2. The summed E-state index contributed by atoms with van der Waals surface area (Å²) >= 11 is 0. The fraction of sp³-hybridized carbons (Fsp3) is 0.389. The summed E-state index contributed by atoms with van der Waals surface area (Å²) in [4.78, 5) is 27.5. The van der Waals surface area contributed by atoms with Gasteiger partial charge in [0.05, 0.1) is 18.4 Å². The number of aromatic nitrogens is 6. The Morgan fingerprint density at radius 1 is 1.19 bits per heavy atom. The summed E-state index contributed by atoms with van der Waals surface area (Å²) in [5.74, 6) is 3.60. The highest BCUT2D eigenvalue weighted by atomic mass is 15.2. The molecule has 0 aromatic carbocycles. The number of aryl methyl sites for hydroxylation is 1. The average Bonchev–Trinajstić information content (AvgIpc) is 3.15. The van der Waals surface area contributed by atoms with Gasteiger partial charge in [-0.05, 0) is 26.3 Å². The SMILES string of the molecule is Cc1nc(Nc2cnccn2)cc(C2CCCN(Cc3ncc[nH]3)C2)n1. The van der Waals surface area contributed by atoms with Gasteiger partial charge >= 0.3 is 0 Å². The third kappa shape index (κ3) is 4.02. The second kappa shape index (κ2) is 7.57. The standard InChI is InChI=1S/C18H22N8/c1-13-23-15(9-16(24-13)25-17-10-19-4-5-20-17)14-3-2-8-26(11-14)12-18-21-6-7-22-18/h4-7,9-10,14H,2-3,8,11-12H2,1H3,(H,21,22)(H,20,23,24,25). The van der Waals surface area contributed by atoms with Gasteiger partial charge in [-0.2, -0.15) is 0 Å². The molecule has 8 nitrogen and oxygen atoms in total. The summed E-state index contributed by atoms with van der Waals surface area (Å²) in [5.41, 5.74) is 1.08. The highest BCUT2D eigenvalue weighted by molar-refractivity contribution is 5.50. The molecule has 1 atom stereocenters. The van der Waals surface area contributed by atoms with E-state index in [9.17, 15) is 0 Å². The summed E-state index contributed by atoms with van der Waals surface area (Å²) in [6.07, 6.45) is 11.0. The van der Waals surface area contributed by atoms with E-state index < -0.39 is 0 Å². The molecule has 1 aliphatic heterocycles. The van der Waals surface area contributed by atoms with Crippen LogP contribution in [0.1, 0.15) is 36.1 Å². The number of nitrogens with zero attached hydrogens (tertiary/aromatic N) is 6. The van der Waals surface area contributed by atoms with Crippen molar-refractivity contribution >= 4 is 11.6 Å². The zero-order valence-corrected chi connectivity index (χ0v) is 14.8. The number of H-pyrrole nitrogens is 1. The predicted molar refractivity (Wildman–Crippen MR) is 97.9 cm³/mol. The summed E-state index contributed by atoms with van der Waals surface area (Å²) in [6.45, 7) is 4.83. The maximum atomic E-state index is 4.69. The number of hydrogen-bond acceptors (Lipinski definition) is 7. The van der Waals surface area contributed by atoms with E-state index >= 15 is 0 Å². The Hall–Kier alpha value is -2.87. The highest BCUT2D eigenvalue weighted by Gasteiger charge is 2.23. The van der Waals surface area contributed by atoms with Crippen LogP contribution >= 0.6 is 0 Å². The minimum Gasteiger partial charge on any atom is -0.348 e. The monoisotopic (exact) mass is 350 g/mol. The lowest BCUT2D eigenvalue weighted by atomic mass is 9.94. The lowest BCUT2D eigenvalue weighted by Gasteiger charge is -2.32. The van der Waals surface area contributed by atoms with Gasteiger partial charge in [-0.1, -0.05) is 0 Å². The lowest BCUT2D eigenvalue weighted by molar-refractivity contribution is 0.194. The van der Waals surface area contributed by atoms with E-state index in [1.165, 1.54) is 0 Å². The molecule has 1 aliphatic rings. The molecule has 1 fully saturated rings. The van der Waals surface area contributed by atoms with E-state index in [-0.39, 0.29) is 0 Å². The maximum absolute atomic E-state index is 4.69. The van der Waals surface area contributed by atoms with Gasteiger partial charge in [0.25, 0.3) is 0 Å². The molecule has 3 aromatic heterocycles. The molecule has 1 unspecified atom stereocenters. The Bertz CT molecular complexity index is 834. The van der Waals surface area contributed by atoms with Crippen LogP contribution in [0.25, 0.3) is 0 Å². The van der Waals surface area contributed by atoms with Crippen molar-refractivity contribution in [1.29, 1.82) is 0 Å². The quantitative estimate of drug-likeness (QED) is 0.729. The number of hydrogen-bond donors (Lipinski definition) is 2. The van der Waals surface area contributed by atoms with Crippen LogP contribution in [0.4, 0.5) is 11.6 Å². The molecule has 0 spiro atoms. The van der Waals surface area contributed by atoms with Crippen LogP contribution in [0.15, 0.2) is 37.1 Å². The van der Waals surface area contributed by atoms with Gasteiger partial charge in [0.15, 0.2) is 0 Å². The summed E-state index contributed by atoms with van der Waals surface area (Å²) < 4.78 is 0. The van der Waals surface area contributed by atoms with Gasteiger partial charge in [-0.3, -0.25) is 9.88 Å². The number of imidazole rings is 1. The van der Waals surface area contributed by atoms with Crippen LogP contribution < -0.4 is 5.32 Å². The summed E-state index contributed by atoms with van der Waals surface area (Å²) in [5, 5.41) is 3.22. The van der Waals surface area contributed by atoms with Gasteiger partial charge in [0, 0.05) is 43.3 Å². The molecule has 4 rings (SSSR count). The number of nitrogens with one attached hydrogen (secondary N) is 2. The first-order chi connectivity index (χ1) is 12.8. The normalized spacial score (nSPS) is 18.0. The van der Waals surface area contributed by atoms with Crippen LogP contribution in [0, 0.1) is 6.92 Å². The fourth-order valence-electron chi connectivity index (χ4n) is 3.40. The van der Waals surface area contributed by atoms with Crippen molar-refractivity contribution in [2.24, 2.45) is 0 Å². The third-order valence-corrected chi connectivity index (χ3v) is 4.53. The van der Waals surface area contributed by atoms with Gasteiger partial charge in [0.1, 0.15) is 23.3 Å². The van der Waals surface area contributed by atoms with E-state index in [4.69, 9.17) is 4.98 Å². The molecule has 26 heavy (non-hydrogen) atoms. The molecule has 4 heterocycles. The molecular formula is C18H22N8. The molecule has 2 N–H and O–H groups in total. The zero-order valence-electron chi connectivity index (χ0n) is 14.8. The summed E-state index contributed by atoms with van der Waals surface area (Å²) in [6, 6.07) is 2.03.